The first-order valence-electron chi connectivity index (χ1n) is 16.4. The second kappa shape index (κ2) is 11.8. The lowest BCUT2D eigenvalue weighted by Crippen LogP contribution is -2.18. The Labute approximate surface area is 265 Å². The number of hydrogen-bond acceptors (Lipinski definition) is 2. The molecule has 0 saturated carbocycles. The van der Waals surface area contributed by atoms with E-state index < -0.39 is 0 Å². The van der Waals surface area contributed by atoms with Crippen molar-refractivity contribution < 1.29 is 0 Å². The monoisotopic (exact) mass is 580 g/mol. The summed E-state index contributed by atoms with van der Waals surface area (Å²) >= 11 is 0. The van der Waals surface area contributed by atoms with E-state index >= 15 is 0 Å². The molecule has 0 aromatic heterocycles. The van der Waals surface area contributed by atoms with Crippen LogP contribution >= 0.6 is 0 Å². The third kappa shape index (κ3) is 5.09. The Morgan fingerprint density at radius 3 is 1.82 bits per heavy atom. The van der Waals surface area contributed by atoms with Gasteiger partial charge in [0.1, 0.15) is 6.07 Å². The van der Waals surface area contributed by atoms with Crippen molar-refractivity contribution in [3.8, 4) is 6.07 Å². The minimum atomic E-state index is 0.748. The number of aryl methyl sites for hydroxylation is 2. The van der Waals surface area contributed by atoms with Crippen molar-refractivity contribution in [2.45, 2.75) is 51.4 Å². The maximum Gasteiger partial charge on any atom is 0.100 e. The highest BCUT2D eigenvalue weighted by Gasteiger charge is 2.24. The molecule has 218 valence electrons. The zero-order valence-electron chi connectivity index (χ0n) is 25.6. The molecule has 6 aromatic carbocycles. The fraction of sp³-hybridized carbons (Fsp3) is 0.186. The molecule has 0 spiro atoms. The van der Waals surface area contributed by atoms with E-state index in [4.69, 9.17) is 0 Å². The van der Waals surface area contributed by atoms with E-state index in [0.717, 1.165) is 45.5 Å². The normalized spacial score (nSPS) is 14.3. The Morgan fingerprint density at radius 2 is 1.13 bits per heavy atom. The highest BCUT2D eigenvalue weighted by molar-refractivity contribution is 6.05. The van der Waals surface area contributed by atoms with E-state index in [2.05, 4.69) is 114 Å². The average molecular weight is 581 g/mol. The molecule has 0 radical (unpaired) electrons. The maximum atomic E-state index is 9.91. The lowest BCUT2D eigenvalue weighted by molar-refractivity contribution is 0.682. The second-order valence-electron chi connectivity index (χ2n) is 12.6. The molecule has 0 aliphatic heterocycles. The van der Waals surface area contributed by atoms with Crippen LogP contribution in [0.2, 0.25) is 0 Å². The van der Waals surface area contributed by atoms with Gasteiger partial charge in [-0.2, -0.15) is 5.26 Å². The van der Waals surface area contributed by atoms with Gasteiger partial charge in [-0.15, -0.1) is 0 Å². The Kier molecular flexibility index (Phi) is 7.16. The SMILES string of the molecule is N#Cc1c2ccccc2cc2cc(C=Cc3ccc(N(c4cccc5c4CCCC5)c4cccc5c4CCCC5)cc3)ccc12. The molecule has 0 unspecified atom stereocenters. The van der Waals surface area contributed by atoms with Gasteiger partial charge in [0, 0.05) is 27.8 Å². The van der Waals surface area contributed by atoms with Crippen LogP contribution in [0, 0.1) is 11.3 Å². The molecule has 0 atom stereocenters. The lowest BCUT2D eigenvalue weighted by atomic mass is 9.88. The van der Waals surface area contributed by atoms with Gasteiger partial charge in [0.2, 0.25) is 0 Å². The van der Waals surface area contributed by atoms with Crippen molar-refractivity contribution in [2.24, 2.45) is 0 Å². The van der Waals surface area contributed by atoms with Crippen LogP contribution in [0.5, 0.6) is 0 Å². The Hall–Kier alpha value is -5.13. The molecule has 2 aliphatic rings. The summed E-state index contributed by atoms with van der Waals surface area (Å²) in [5, 5.41) is 14.1. The molecule has 2 heteroatoms. The lowest BCUT2D eigenvalue weighted by Gasteiger charge is -2.33. The van der Waals surface area contributed by atoms with Crippen molar-refractivity contribution in [3.63, 3.8) is 0 Å². The van der Waals surface area contributed by atoms with Gasteiger partial charge in [-0.05, 0) is 132 Å². The molecule has 0 fully saturated rings. The number of rotatable bonds is 5. The summed E-state index contributed by atoms with van der Waals surface area (Å²) < 4.78 is 0. The van der Waals surface area contributed by atoms with Gasteiger partial charge in [-0.25, -0.2) is 0 Å². The first-order valence-corrected chi connectivity index (χ1v) is 16.4. The predicted molar refractivity (Wildman–Crippen MR) is 190 cm³/mol. The van der Waals surface area contributed by atoms with Gasteiger partial charge >= 0.3 is 0 Å². The van der Waals surface area contributed by atoms with Crippen LogP contribution in [0.1, 0.15) is 64.6 Å². The van der Waals surface area contributed by atoms with Gasteiger partial charge in [0.15, 0.2) is 0 Å². The van der Waals surface area contributed by atoms with Gasteiger partial charge in [-0.3, -0.25) is 0 Å². The number of hydrogen-bond donors (Lipinski definition) is 0. The highest BCUT2D eigenvalue weighted by atomic mass is 15.1. The molecule has 0 saturated heterocycles. The summed E-state index contributed by atoms with van der Waals surface area (Å²) in [6.45, 7) is 0. The second-order valence-corrected chi connectivity index (χ2v) is 12.6. The largest absolute Gasteiger partial charge is 0.310 e. The van der Waals surface area contributed by atoms with Crippen LogP contribution in [-0.4, -0.2) is 0 Å². The average Bonchev–Trinajstić information content (AvgIpc) is 3.10. The predicted octanol–water partition coefficient (Wildman–Crippen LogP) is 11.3. The molecule has 6 aromatic rings. The summed E-state index contributed by atoms with van der Waals surface area (Å²) in [5.41, 5.74) is 13.0. The first kappa shape index (κ1) is 27.4. The summed E-state index contributed by atoms with van der Waals surface area (Å²) in [6.07, 6.45) is 14.1. The smallest absolute Gasteiger partial charge is 0.100 e. The van der Waals surface area contributed by atoms with E-state index in [1.54, 1.807) is 0 Å². The van der Waals surface area contributed by atoms with Crippen molar-refractivity contribution >= 4 is 50.8 Å². The molecule has 0 heterocycles. The van der Waals surface area contributed by atoms with Crippen molar-refractivity contribution in [1.29, 1.82) is 5.26 Å². The van der Waals surface area contributed by atoms with Crippen molar-refractivity contribution in [2.75, 3.05) is 4.90 Å². The third-order valence-corrected chi connectivity index (χ3v) is 9.84. The first-order chi connectivity index (χ1) is 22.3. The van der Waals surface area contributed by atoms with E-state index in [9.17, 15) is 5.26 Å². The molecule has 0 N–H and O–H groups in total. The Morgan fingerprint density at radius 1 is 0.533 bits per heavy atom. The van der Waals surface area contributed by atoms with Crippen LogP contribution in [0.25, 0.3) is 33.7 Å². The molecule has 0 amide bonds. The topological polar surface area (TPSA) is 27.0 Å². The number of fused-ring (bicyclic) bond motifs is 4. The maximum absolute atomic E-state index is 9.91. The third-order valence-electron chi connectivity index (χ3n) is 9.84. The Bertz CT molecular complexity index is 2070. The summed E-state index contributed by atoms with van der Waals surface area (Å²) in [6, 6.07) is 42.1. The number of nitriles is 1. The van der Waals surface area contributed by atoms with Crippen LogP contribution in [0.3, 0.4) is 0 Å². The molecule has 2 aliphatic carbocycles. The van der Waals surface area contributed by atoms with Gasteiger partial charge < -0.3 is 4.90 Å². The van der Waals surface area contributed by atoms with Gasteiger partial charge in [0.05, 0.1) is 5.56 Å². The van der Waals surface area contributed by atoms with E-state index in [1.807, 2.05) is 18.2 Å². The van der Waals surface area contributed by atoms with Crippen LogP contribution in [0.4, 0.5) is 17.1 Å². The summed E-state index contributed by atoms with van der Waals surface area (Å²) in [7, 11) is 0. The quantitative estimate of drug-likeness (QED) is 0.150. The van der Waals surface area contributed by atoms with Crippen LogP contribution in [-0.2, 0) is 25.7 Å². The molecule has 0 bridgehead atoms. The number of nitrogens with zero attached hydrogens (tertiary/aromatic N) is 2. The Balaban J connectivity index is 1.15. The van der Waals surface area contributed by atoms with E-state index in [1.165, 1.54) is 83.4 Å². The standard InChI is InChI=1S/C43H36N2/c44-29-41-37-14-4-3-11-34(37)28-35-27-31(23-26-38(35)41)20-19-30-21-24-36(25-22-30)45(42-17-7-12-32-9-1-5-15-39(32)42)43-18-8-13-33-10-2-6-16-40(33)43/h3-4,7-8,11-14,17-28H,1-2,5-6,9-10,15-16H2. The summed E-state index contributed by atoms with van der Waals surface area (Å²) in [4.78, 5) is 2.54. The molecule has 45 heavy (non-hydrogen) atoms. The summed E-state index contributed by atoms with van der Waals surface area (Å²) in [5.74, 6) is 0. The van der Waals surface area contributed by atoms with E-state index in [0.29, 0.717) is 0 Å². The molecule has 8 rings (SSSR count). The van der Waals surface area contributed by atoms with Crippen LogP contribution in [0.15, 0.2) is 109 Å². The zero-order chi connectivity index (χ0) is 30.2. The molecular formula is C43H36N2. The number of anilines is 3. The van der Waals surface area contributed by atoms with Gasteiger partial charge in [0.25, 0.3) is 0 Å². The minimum absolute atomic E-state index is 0.748. The van der Waals surface area contributed by atoms with E-state index in [-0.39, 0.29) is 0 Å². The van der Waals surface area contributed by atoms with Crippen molar-refractivity contribution in [1.82, 2.24) is 0 Å². The fourth-order valence-electron chi connectivity index (χ4n) is 7.59. The van der Waals surface area contributed by atoms with Crippen LogP contribution < -0.4 is 4.90 Å². The molecular weight excluding hydrogens is 544 g/mol. The fourth-order valence-corrected chi connectivity index (χ4v) is 7.59. The number of benzene rings is 6. The van der Waals surface area contributed by atoms with Gasteiger partial charge in [-0.1, -0.05) is 84.9 Å². The molecule has 2 nitrogen and oxygen atoms in total. The van der Waals surface area contributed by atoms with Crippen molar-refractivity contribution in [3.05, 3.63) is 148 Å². The minimum Gasteiger partial charge on any atom is -0.310 e. The highest BCUT2D eigenvalue weighted by Crippen LogP contribution is 2.43. The zero-order valence-corrected chi connectivity index (χ0v) is 25.6.